The summed E-state index contributed by atoms with van der Waals surface area (Å²) in [6.07, 6.45) is 0. The highest BCUT2D eigenvalue weighted by atomic mass is 35.5. The molecule has 2 aromatic rings. The Balaban J connectivity index is 2.32. The fourth-order valence-corrected chi connectivity index (χ4v) is 3.07. The van der Waals surface area contributed by atoms with Gasteiger partial charge in [0.25, 0.3) is 10.0 Å². The molecule has 0 unspecified atom stereocenters. The van der Waals surface area contributed by atoms with Crippen molar-refractivity contribution in [3.05, 3.63) is 40.6 Å². The lowest BCUT2D eigenvalue weighted by atomic mass is 10.2. The van der Waals surface area contributed by atoms with Crippen LogP contribution in [0.4, 0.5) is 5.82 Å². The molecule has 110 valence electrons. The maximum atomic E-state index is 12.2. The van der Waals surface area contributed by atoms with Crippen LogP contribution in [0.25, 0.3) is 0 Å². The number of nitrogens with one attached hydrogen (secondary N) is 1. The topological polar surface area (TPSA) is 92.4 Å². The largest absolute Gasteiger partial charge is 0.384 e. The number of hydrogen-bond donors (Lipinski definition) is 2. The van der Waals surface area contributed by atoms with Crippen molar-refractivity contribution in [1.82, 2.24) is 5.16 Å². The standard InChI is InChI=1S/C13H11ClN2O4S/c1-9-7-13(15-20-9)16-21(18,19)12-5-4-10(3-2-6-17)8-11(12)14/h4-5,7-8,17H,6H2,1H3,(H,15,16). The molecule has 0 bridgehead atoms. The summed E-state index contributed by atoms with van der Waals surface area (Å²) in [5, 5.41) is 12.2. The third kappa shape index (κ3) is 3.76. The molecule has 6 nitrogen and oxygen atoms in total. The second-order valence-electron chi connectivity index (χ2n) is 4.03. The average molecular weight is 327 g/mol. The van der Waals surface area contributed by atoms with Crippen LogP contribution in [0, 0.1) is 18.8 Å². The molecule has 21 heavy (non-hydrogen) atoms. The van der Waals surface area contributed by atoms with E-state index < -0.39 is 10.0 Å². The van der Waals surface area contributed by atoms with Gasteiger partial charge in [-0.25, -0.2) is 8.42 Å². The first-order valence-electron chi connectivity index (χ1n) is 5.78. The van der Waals surface area contributed by atoms with Crippen LogP contribution in [-0.4, -0.2) is 25.3 Å². The highest BCUT2D eigenvalue weighted by molar-refractivity contribution is 7.92. The Hall–Kier alpha value is -2.01. The number of nitrogens with zero attached hydrogens (tertiary/aromatic N) is 1. The summed E-state index contributed by atoms with van der Waals surface area (Å²) >= 11 is 5.97. The molecule has 8 heteroatoms. The van der Waals surface area contributed by atoms with E-state index in [0.717, 1.165) is 0 Å². The molecule has 2 N–H and O–H groups in total. The quantitative estimate of drug-likeness (QED) is 0.839. The van der Waals surface area contributed by atoms with Gasteiger partial charge in [-0.3, -0.25) is 4.72 Å². The zero-order valence-corrected chi connectivity index (χ0v) is 12.5. The lowest BCUT2D eigenvalue weighted by molar-refractivity contribution is 0.350. The molecule has 0 spiro atoms. The third-order valence-corrected chi connectivity index (χ3v) is 4.24. The minimum atomic E-state index is -3.87. The van der Waals surface area contributed by atoms with E-state index in [1.165, 1.54) is 24.3 Å². The lowest BCUT2D eigenvalue weighted by Crippen LogP contribution is -2.13. The maximum Gasteiger partial charge on any atom is 0.264 e. The zero-order chi connectivity index (χ0) is 15.5. The van der Waals surface area contributed by atoms with Crippen molar-refractivity contribution in [3.8, 4) is 11.8 Å². The number of halogens is 1. The van der Waals surface area contributed by atoms with Crippen LogP contribution in [0.5, 0.6) is 0 Å². The van der Waals surface area contributed by atoms with Crippen LogP contribution in [0.2, 0.25) is 5.02 Å². The first-order valence-corrected chi connectivity index (χ1v) is 7.64. The Morgan fingerprint density at radius 1 is 1.43 bits per heavy atom. The molecule has 0 saturated carbocycles. The number of hydrogen-bond acceptors (Lipinski definition) is 5. The number of benzene rings is 1. The van der Waals surface area contributed by atoms with Gasteiger partial charge in [0.1, 0.15) is 17.3 Å². The van der Waals surface area contributed by atoms with Gasteiger partial charge in [0, 0.05) is 11.6 Å². The predicted octanol–water partition coefficient (Wildman–Crippen LogP) is 1.78. The Morgan fingerprint density at radius 3 is 2.76 bits per heavy atom. The van der Waals surface area contributed by atoms with Crippen LogP contribution >= 0.6 is 11.6 Å². The predicted molar refractivity (Wildman–Crippen MR) is 77.5 cm³/mol. The van der Waals surface area contributed by atoms with Gasteiger partial charge in [-0.05, 0) is 25.1 Å². The summed E-state index contributed by atoms with van der Waals surface area (Å²) in [6, 6.07) is 5.69. The summed E-state index contributed by atoms with van der Waals surface area (Å²) in [6.45, 7) is 1.36. The number of rotatable bonds is 3. The number of aromatic nitrogens is 1. The van der Waals surface area contributed by atoms with E-state index in [1.807, 2.05) is 0 Å². The number of anilines is 1. The molecule has 1 aromatic carbocycles. The van der Waals surface area contributed by atoms with Crippen LogP contribution in [0.15, 0.2) is 33.7 Å². The van der Waals surface area contributed by atoms with Crippen LogP contribution in [0.1, 0.15) is 11.3 Å². The monoisotopic (exact) mass is 326 g/mol. The van der Waals surface area contributed by atoms with E-state index >= 15 is 0 Å². The summed E-state index contributed by atoms with van der Waals surface area (Å²) in [7, 11) is -3.87. The molecule has 0 radical (unpaired) electrons. The molecule has 0 atom stereocenters. The summed E-state index contributed by atoms with van der Waals surface area (Å²) in [5.74, 6) is 5.65. The van der Waals surface area contributed by atoms with Gasteiger partial charge >= 0.3 is 0 Å². The Bertz CT molecular complexity index is 818. The molecule has 0 aliphatic rings. The number of aliphatic hydroxyl groups is 1. The molecule has 0 aliphatic heterocycles. The maximum absolute atomic E-state index is 12.2. The SMILES string of the molecule is Cc1cc(NS(=O)(=O)c2ccc(C#CCO)cc2Cl)no1. The van der Waals surface area contributed by atoms with Crippen LogP contribution in [0.3, 0.4) is 0 Å². The fraction of sp³-hybridized carbons (Fsp3) is 0.154. The second kappa shape index (κ2) is 6.18. The zero-order valence-electron chi connectivity index (χ0n) is 10.9. The smallest absolute Gasteiger partial charge is 0.264 e. The summed E-state index contributed by atoms with van der Waals surface area (Å²) < 4.78 is 31.5. The van der Waals surface area contributed by atoms with Crippen LogP contribution < -0.4 is 4.72 Å². The van der Waals surface area contributed by atoms with Gasteiger partial charge in [0.15, 0.2) is 5.82 Å². The van der Waals surface area contributed by atoms with Crippen molar-refractivity contribution in [3.63, 3.8) is 0 Å². The summed E-state index contributed by atoms with van der Waals surface area (Å²) in [5.41, 5.74) is 0.505. The molecule has 0 fully saturated rings. The first kappa shape index (κ1) is 15.4. The summed E-state index contributed by atoms with van der Waals surface area (Å²) in [4.78, 5) is -0.0978. The van der Waals surface area contributed by atoms with E-state index in [2.05, 4.69) is 21.7 Å². The van der Waals surface area contributed by atoms with Crippen molar-refractivity contribution in [2.24, 2.45) is 0 Å². The number of aliphatic hydroxyl groups excluding tert-OH is 1. The van der Waals surface area contributed by atoms with E-state index in [-0.39, 0.29) is 22.3 Å². The van der Waals surface area contributed by atoms with E-state index in [9.17, 15) is 8.42 Å². The molecule has 0 saturated heterocycles. The van der Waals surface area contributed by atoms with E-state index in [4.69, 9.17) is 21.2 Å². The van der Waals surface area contributed by atoms with Gasteiger partial charge in [-0.15, -0.1) is 0 Å². The molecule has 1 heterocycles. The number of aryl methyl sites for hydroxylation is 1. The highest BCUT2D eigenvalue weighted by Gasteiger charge is 2.19. The fourth-order valence-electron chi connectivity index (χ4n) is 1.55. The van der Waals surface area contributed by atoms with Gasteiger partial charge < -0.3 is 9.63 Å². The minimum absolute atomic E-state index is 0.0208. The average Bonchev–Trinajstić information content (AvgIpc) is 2.80. The van der Waals surface area contributed by atoms with Crippen molar-refractivity contribution < 1.29 is 18.0 Å². The van der Waals surface area contributed by atoms with Crippen molar-refractivity contribution in [1.29, 1.82) is 0 Å². The normalized spacial score (nSPS) is 10.8. The van der Waals surface area contributed by atoms with E-state index in [0.29, 0.717) is 11.3 Å². The van der Waals surface area contributed by atoms with Crippen LogP contribution in [-0.2, 0) is 10.0 Å². The Kier molecular flexibility index (Phi) is 4.53. The molecule has 1 aromatic heterocycles. The third-order valence-electron chi connectivity index (χ3n) is 2.40. The van der Waals surface area contributed by atoms with Crippen molar-refractivity contribution >= 4 is 27.4 Å². The molecular formula is C13H11ClN2O4S. The van der Waals surface area contributed by atoms with Gasteiger partial charge in [0.2, 0.25) is 0 Å². The molecule has 2 rings (SSSR count). The van der Waals surface area contributed by atoms with Crippen molar-refractivity contribution in [2.45, 2.75) is 11.8 Å². The Morgan fingerprint density at radius 2 is 2.19 bits per heavy atom. The molecule has 0 amide bonds. The van der Waals surface area contributed by atoms with Gasteiger partial charge in [-0.1, -0.05) is 28.6 Å². The highest BCUT2D eigenvalue weighted by Crippen LogP contribution is 2.24. The van der Waals surface area contributed by atoms with Gasteiger partial charge in [0.05, 0.1) is 5.02 Å². The molecule has 0 aliphatic carbocycles. The lowest BCUT2D eigenvalue weighted by Gasteiger charge is -2.07. The number of sulfonamides is 1. The second-order valence-corrected chi connectivity index (χ2v) is 6.09. The minimum Gasteiger partial charge on any atom is -0.384 e. The molecular weight excluding hydrogens is 316 g/mol. The van der Waals surface area contributed by atoms with E-state index in [1.54, 1.807) is 6.92 Å². The Labute approximate surface area is 126 Å². The first-order chi connectivity index (χ1) is 9.92. The van der Waals surface area contributed by atoms with Gasteiger partial charge in [-0.2, -0.15) is 0 Å². The van der Waals surface area contributed by atoms with Crippen molar-refractivity contribution in [2.75, 3.05) is 11.3 Å².